The highest BCUT2D eigenvalue weighted by molar-refractivity contribution is 6.10. The molecule has 1 aliphatic rings. The average molecular weight is 334 g/mol. The number of halogens is 1. The molecule has 2 atom stereocenters. The molecule has 128 valence electrons. The Morgan fingerprint density at radius 1 is 1.42 bits per heavy atom. The second-order valence-electron chi connectivity index (χ2n) is 5.51. The van der Waals surface area contributed by atoms with Gasteiger partial charge in [-0.2, -0.15) is 0 Å². The summed E-state index contributed by atoms with van der Waals surface area (Å²) in [5.41, 5.74) is 0.514. The predicted molar refractivity (Wildman–Crippen MR) is 85.9 cm³/mol. The predicted octanol–water partition coefficient (Wildman–Crippen LogP) is 1.71. The number of carboxylic acids is 1. The van der Waals surface area contributed by atoms with E-state index in [4.69, 9.17) is 5.11 Å². The van der Waals surface area contributed by atoms with E-state index in [0.717, 1.165) is 0 Å². The normalized spacial score (nSPS) is 18.8. The van der Waals surface area contributed by atoms with Crippen molar-refractivity contribution in [2.24, 2.45) is 5.92 Å². The minimum absolute atomic E-state index is 0.153. The number of anilines is 1. The van der Waals surface area contributed by atoms with Crippen LogP contribution in [0.4, 0.5) is 10.1 Å². The Balaban J connectivity index is 2.04. The third-order valence-corrected chi connectivity index (χ3v) is 3.88. The summed E-state index contributed by atoms with van der Waals surface area (Å²) in [6.45, 7) is 2.08. The van der Waals surface area contributed by atoms with Gasteiger partial charge in [0.2, 0.25) is 11.8 Å². The van der Waals surface area contributed by atoms with Crippen LogP contribution >= 0.6 is 0 Å². The zero-order valence-electron chi connectivity index (χ0n) is 13.2. The van der Waals surface area contributed by atoms with Gasteiger partial charge in [0.1, 0.15) is 17.8 Å². The maximum Gasteiger partial charge on any atom is 0.326 e. The summed E-state index contributed by atoms with van der Waals surface area (Å²) < 4.78 is 13.0. The van der Waals surface area contributed by atoms with Gasteiger partial charge in [-0.15, -0.1) is 0 Å². The molecular weight excluding hydrogens is 315 g/mol. The van der Waals surface area contributed by atoms with E-state index < -0.39 is 35.6 Å². The van der Waals surface area contributed by atoms with E-state index in [0.29, 0.717) is 12.2 Å². The van der Waals surface area contributed by atoms with Crippen LogP contribution in [0, 0.1) is 11.7 Å². The third kappa shape index (κ3) is 3.98. The van der Waals surface area contributed by atoms with Crippen LogP contribution in [-0.2, 0) is 14.4 Å². The average Bonchev–Trinajstić information content (AvgIpc) is 2.93. The highest BCUT2D eigenvalue weighted by Crippen LogP contribution is 2.25. The molecule has 0 saturated carbocycles. The third-order valence-electron chi connectivity index (χ3n) is 3.88. The molecule has 0 bridgehead atoms. The fourth-order valence-corrected chi connectivity index (χ4v) is 2.57. The summed E-state index contributed by atoms with van der Waals surface area (Å²) in [4.78, 5) is 37.3. The van der Waals surface area contributed by atoms with Gasteiger partial charge in [0, 0.05) is 12.2 Å². The molecule has 2 amide bonds. The number of carbonyl (C=O) groups excluding carboxylic acids is 2. The fraction of sp³-hybridized carbons (Fsp3) is 0.353. The number of hydrogen-bond donors (Lipinski definition) is 2. The Hall–Kier alpha value is -2.70. The summed E-state index contributed by atoms with van der Waals surface area (Å²) in [6, 6.07) is 4.36. The highest BCUT2D eigenvalue weighted by atomic mass is 19.1. The molecule has 2 unspecified atom stereocenters. The summed E-state index contributed by atoms with van der Waals surface area (Å²) in [5.74, 6) is -3.49. The van der Waals surface area contributed by atoms with Gasteiger partial charge in [0.25, 0.3) is 0 Å². The molecular formula is C17H19FN2O4. The molecule has 7 heteroatoms. The fourth-order valence-electron chi connectivity index (χ4n) is 2.57. The minimum atomic E-state index is -1.15. The van der Waals surface area contributed by atoms with Crippen molar-refractivity contribution in [3.05, 3.63) is 42.2 Å². The summed E-state index contributed by atoms with van der Waals surface area (Å²) in [5, 5.41) is 11.5. The number of allylic oxidation sites excluding steroid dienone is 1. The molecule has 0 aromatic heterocycles. The molecule has 6 nitrogen and oxygen atoms in total. The van der Waals surface area contributed by atoms with Crippen LogP contribution in [0.25, 0.3) is 0 Å². The molecule has 1 aliphatic heterocycles. The van der Waals surface area contributed by atoms with Gasteiger partial charge in [-0.1, -0.05) is 12.2 Å². The van der Waals surface area contributed by atoms with Crippen molar-refractivity contribution in [3.63, 3.8) is 0 Å². The first-order valence-corrected chi connectivity index (χ1v) is 7.65. The monoisotopic (exact) mass is 334 g/mol. The Kier molecular flexibility index (Phi) is 5.68. The number of rotatable bonds is 6. The van der Waals surface area contributed by atoms with E-state index in [2.05, 4.69) is 5.32 Å². The first-order valence-electron chi connectivity index (χ1n) is 7.65. The molecule has 0 radical (unpaired) electrons. The van der Waals surface area contributed by atoms with Crippen LogP contribution < -0.4 is 10.2 Å². The SMILES string of the molecule is C/C=C/CC(NC(=O)C1CCN(c2ccc(F)cc2)C1=O)C(=O)O. The van der Waals surface area contributed by atoms with E-state index in [1.807, 2.05) is 0 Å². The van der Waals surface area contributed by atoms with Crippen LogP contribution in [0.3, 0.4) is 0 Å². The number of nitrogens with zero attached hydrogens (tertiary/aromatic N) is 1. The Labute approximate surface area is 139 Å². The van der Waals surface area contributed by atoms with Crippen molar-refractivity contribution in [2.75, 3.05) is 11.4 Å². The Morgan fingerprint density at radius 3 is 2.67 bits per heavy atom. The molecule has 0 spiro atoms. The van der Waals surface area contributed by atoms with Crippen LogP contribution in [-0.4, -0.2) is 35.5 Å². The second-order valence-corrected chi connectivity index (χ2v) is 5.51. The number of aliphatic carboxylic acids is 1. The highest BCUT2D eigenvalue weighted by Gasteiger charge is 2.38. The van der Waals surface area contributed by atoms with Crippen molar-refractivity contribution in [3.8, 4) is 0 Å². The number of benzene rings is 1. The number of nitrogens with one attached hydrogen (secondary N) is 1. The summed E-state index contributed by atoms with van der Waals surface area (Å²) >= 11 is 0. The summed E-state index contributed by atoms with van der Waals surface area (Å²) in [7, 11) is 0. The first kappa shape index (κ1) is 17.7. The lowest BCUT2D eigenvalue weighted by Gasteiger charge is -2.18. The molecule has 1 heterocycles. The van der Waals surface area contributed by atoms with Crippen molar-refractivity contribution in [1.82, 2.24) is 5.32 Å². The number of carbonyl (C=O) groups is 3. The van der Waals surface area contributed by atoms with Gasteiger partial charge in [-0.25, -0.2) is 9.18 Å². The van der Waals surface area contributed by atoms with Gasteiger partial charge < -0.3 is 15.3 Å². The van der Waals surface area contributed by atoms with Gasteiger partial charge in [0.05, 0.1) is 0 Å². The van der Waals surface area contributed by atoms with E-state index in [-0.39, 0.29) is 12.8 Å². The lowest BCUT2D eigenvalue weighted by molar-refractivity contribution is -0.143. The van der Waals surface area contributed by atoms with E-state index >= 15 is 0 Å². The first-order chi connectivity index (χ1) is 11.4. The van der Waals surface area contributed by atoms with Gasteiger partial charge in [-0.3, -0.25) is 9.59 Å². The van der Waals surface area contributed by atoms with Crippen molar-refractivity contribution >= 4 is 23.5 Å². The van der Waals surface area contributed by atoms with Gasteiger partial charge in [-0.05, 0) is 44.0 Å². The van der Waals surface area contributed by atoms with Crippen LogP contribution in [0.5, 0.6) is 0 Å². The Morgan fingerprint density at radius 2 is 2.08 bits per heavy atom. The second kappa shape index (κ2) is 7.72. The van der Waals surface area contributed by atoms with Gasteiger partial charge in [0.15, 0.2) is 0 Å². The summed E-state index contributed by atoms with van der Waals surface area (Å²) in [6.07, 6.45) is 3.78. The molecule has 1 aromatic carbocycles. The lowest BCUT2D eigenvalue weighted by atomic mass is 10.1. The van der Waals surface area contributed by atoms with Crippen LogP contribution in [0.1, 0.15) is 19.8 Å². The standard InChI is InChI=1S/C17H19FN2O4/c1-2-3-4-14(17(23)24)19-15(21)13-9-10-20(16(13)22)12-7-5-11(18)6-8-12/h2-3,5-8,13-14H,4,9-10H2,1H3,(H,19,21)(H,23,24)/b3-2+. The van der Waals surface area contributed by atoms with E-state index in [1.54, 1.807) is 19.1 Å². The molecule has 2 rings (SSSR count). The largest absolute Gasteiger partial charge is 0.480 e. The quantitative estimate of drug-likeness (QED) is 0.612. The molecule has 1 aromatic rings. The van der Waals surface area contributed by atoms with Crippen LogP contribution in [0.2, 0.25) is 0 Å². The van der Waals surface area contributed by atoms with E-state index in [1.165, 1.54) is 29.2 Å². The van der Waals surface area contributed by atoms with Crippen molar-refractivity contribution in [2.45, 2.75) is 25.8 Å². The zero-order valence-corrected chi connectivity index (χ0v) is 13.2. The van der Waals surface area contributed by atoms with Crippen molar-refractivity contribution in [1.29, 1.82) is 0 Å². The molecule has 1 saturated heterocycles. The Bertz CT molecular complexity index is 657. The minimum Gasteiger partial charge on any atom is -0.480 e. The zero-order chi connectivity index (χ0) is 17.7. The molecule has 24 heavy (non-hydrogen) atoms. The molecule has 0 aliphatic carbocycles. The lowest BCUT2D eigenvalue weighted by Crippen LogP contribution is -2.45. The molecule has 2 N–H and O–H groups in total. The van der Waals surface area contributed by atoms with Gasteiger partial charge >= 0.3 is 5.97 Å². The van der Waals surface area contributed by atoms with E-state index in [9.17, 15) is 18.8 Å². The van der Waals surface area contributed by atoms with Crippen LogP contribution in [0.15, 0.2) is 36.4 Å². The maximum absolute atomic E-state index is 13.0. The number of carboxylic acid groups (broad SMARTS) is 1. The smallest absolute Gasteiger partial charge is 0.326 e. The maximum atomic E-state index is 13.0. The van der Waals surface area contributed by atoms with Crippen molar-refractivity contribution < 1.29 is 23.9 Å². The topological polar surface area (TPSA) is 86.7 Å². The number of amides is 2. The number of hydrogen-bond acceptors (Lipinski definition) is 3. The molecule has 1 fully saturated rings.